The second-order valence-corrected chi connectivity index (χ2v) is 12.9. The topological polar surface area (TPSA) is 52.6 Å². The lowest BCUT2D eigenvalue weighted by Crippen LogP contribution is -2.59. The minimum atomic E-state index is -2.27. The average molecular weight is 324 g/mol. The summed E-state index contributed by atoms with van der Waals surface area (Å²) in [5.41, 5.74) is -0.0116. The lowest BCUT2D eigenvalue weighted by atomic mass is 9.81. The summed E-state index contributed by atoms with van der Waals surface area (Å²) in [7, 11) is -2.27. The van der Waals surface area contributed by atoms with Crippen LogP contribution in [0.3, 0.4) is 0 Å². The Morgan fingerprint density at radius 3 is 2.14 bits per heavy atom. The number of carbonyl (C=O) groups excluding carboxylic acids is 2. The van der Waals surface area contributed by atoms with Crippen LogP contribution in [0, 0.1) is 5.92 Å². The van der Waals surface area contributed by atoms with E-state index >= 15 is 0 Å². The van der Waals surface area contributed by atoms with E-state index in [-0.39, 0.29) is 0 Å². The molecule has 0 bridgehead atoms. The summed E-state index contributed by atoms with van der Waals surface area (Å²) in [4.78, 5) is 24.6. The third kappa shape index (κ3) is 2.38. The quantitative estimate of drug-likeness (QED) is 0.332. The average Bonchev–Trinajstić information content (AvgIpc) is 2.67. The molecule has 0 saturated carbocycles. The zero-order valence-corrected chi connectivity index (χ0v) is 15.5. The third-order valence-corrected chi connectivity index (χ3v) is 11.5. The van der Waals surface area contributed by atoms with Gasteiger partial charge in [0.2, 0.25) is 8.32 Å². The number of carbonyl (C=O) groups is 2. The smallest absolute Gasteiger partial charge is 0.346 e. The van der Waals surface area contributed by atoms with Gasteiger partial charge in [0.1, 0.15) is 0 Å². The van der Waals surface area contributed by atoms with Gasteiger partial charge in [-0.05, 0) is 23.0 Å². The highest BCUT2D eigenvalue weighted by molar-refractivity contribution is 6.78. The molecule has 5 heteroatoms. The van der Waals surface area contributed by atoms with Crippen molar-refractivity contribution in [3.8, 4) is 0 Å². The molecule has 0 aromatic rings. The van der Waals surface area contributed by atoms with Gasteiger partial charge in [0, 0.05) is 6.42 Å². The van der Waals surface area contributed by atoms with Crippen LogP contribution in [0.2, 0.25) is 16.6 Å². The van der Waals surface area contributed by atoms with Crippen molar-refractivity contribution in [1.82, 2.24) is 0 Å². The van der Waals surface area contributed by atoms with Crippen molar-refractivity contribution in [2.45, 2.75) is 76.6 Å². The molecule has 1 saturated heterocycles. The number of esters is 2. The second kappa shape index (κ2) is 5.93. The molecule has 4 nitrogen and oxygen atoms in total. The van der Waals surface area contributed by atoms with E-state index in [1.54, 1.807) is 0 Å². The molecule has 0 aromatic carbocycles. The number of rotatable bonds is 5. The van der Waals surface area contributed by atoms with Crippen LogP contribution in [0.1, 0.15) is 54.4 Å². The molecule has 0 radical (unpaired) electrons. The molecule has 2 atom stereocenters. The molecular formula is C17H28O4Si. The largest absolute Gasteiger partial charge is 0.400 e. The number of hydrogen-bond acceptors (Lipinski definition) is 4. The van der Waals surface area contributed by atoms with Gasteiger partial charge in [-0.2, -0.15) is 0 Å². The predicted molar refractivity (Wildman–Crippen MR) is 87.8 cm³/mol. The lowest BCUT2D eigenvalue weighted by Gasteiger charge is -2.48. The first kappa shape index (κ1) is 17.4. The Bertz CT molecular complexity index is 473. The molecule has 1 heterocycles. The van der Waals surface area contributed by atoms with Crippen molar-refractivity contribution < 1.29 is 18.8 Å². The lowest BCUT2D eigenvalue weighted by molar-refractivity contribution is -0.157. The fourth-order valence-electron chi connectivity index (χ4n) is 4.41. The van der Waals surface area contributed by atoms with Crippen LogP contribution < -0.4 is 0 Å². The second-order valence-electron chi connectivity index (χ2n) is 7.48. The molecule has 22 heavy (non-hydrogen) atoms. The van der Waals surface area contributed by atoms with Crippen LogP contribution in [0.5, 0.6) is 0 Å². The number of cyclic esters (lactones) is 2. The van der Waals surface area contributed by atoms with Crippen molar-refractivity contribution in [3.63, 3.8) is 0 Å². The summed E-state index contributed by atoms with van der Waals surface area (Å²) < 4.78 is 11.7. The molecule has 2 rings (SSSR count). The highest BCUT2D eigenvalue weighted by atomic mass is 28.4. The Kier molecular flexibility index (Phi) is 4.69. The van der Waals surface area contributed by atoms with Crippen LogP contribution >= 0.6 is 0 Å². The van der Waals surface area contributed by atoms with E-state index in [1.807, 2.05) is 12.2 Å². The Balaban J connectivity index is 2.50. The molecule has 2 aliphatic rings. The van der Waals surface area contributed by atoms with Gasteiger partial charge >= 0.3 is 11.9 Å². The molecule has 1 fully saturated rings. The Labute approximate surface area is 134 Å². The Hall–Kier alpha value is -0.943. The molecule has 0 amide bonds. The van der Waals surface area contributed by atoms with Gasteiger partial charge in [0.05, 0.1) is 5.92 Å². The monoisotopic (exact) mass is 324 g/mol. The summed E-state index contributed by atoms with van der Waals surface area (Å²) in [5.74, 6) is -1.38. The number of ether oxygens (including phenoxy) is 1. The van der Waals surface area contributed by atoms with Gasteiger partial charge in [-0.15, -0.1) is 0 Å². The van der Waals surface area contributed by atoms with E-state index in [1.165, 1.54) is 0 Å². The number of fused-ring (bicyclic) bond motifs is 1. The first-order valence-electron chi connectivity index (χ1n) is 8.29. The van der Waals surface area contributed by atoms with Crippen molar-refractivity contribution in [2.75, 3.05) is 0 Å². The van der Waals surface area contributed by atoms with Crippen LogP contribution in [0.25, 0.3) is 0 Å². The maximum Gasteiger partial charge on any atom is 0.346 e. The maximum absolute atomic E-state index is 12.5. The van der Waals surface area contributed by atoms with Gasteiger partial charge in [-0.3, -0.25) is 4.79 Å². The van der Waals surface area contributed by atoms with E-state index in [4.69, 9.17) is 9.16 Å². The summed E-state index contributed by atoms with van der Waals surface area (Å²) in [5, 5.41) is 0. The fraction of sp³-hybridized carbons (Fsp3) is 0.765. The molecule has 124 valence electrons. The minimum Gasteiger partial charge on any atom is -0.400 e. The van der Waals surface area contributed by atoms with Gasteiger partial charge in [0.15, 0.2) is 5.60 Å². The van der Waals surface area contributed by atoms with Gasteiger partial charge in [0.25, 0.3) is 0 Å². The first-order valence-corrected chi connectivity index (χ1v) is 10.4. The summed E-state index contributed by atoms with van der Waals surface area (Å²) in [6.07, 6.45) is 4.89. The van der Waals surface area contributed by atoms with E-state index in [0.29, 0.717) is 29.5 Å². The number of allylic oxidation sites excluding steroid dienone is 1. The van der Waals surface area contributed by atoms with Gasteiger partial charge in [-0.1, -0.05) is 53.7 Å². The zero-order chi connectivity index (χ0) is 16.7. The van der Waals surface area contributed by atoms with Crippen molar-refractivity contribution in [3.05, 3.63) is 12.2 Å². The molecule has 0 N–H and O–H groups in total. The van der Waals surface area contributed by atoms with E-state index in [0.717, 1.165) is 0 Å². The van der Waals surface area contributed by atoms with Crippen molar-refractivity contribution in [2.24, 2.45) is 5.92 Å². The van der Waals surface area contributed by atoms with Gasteiger partial charge in [-0.25, -0.2) is 4.79 Å². The van der Waals surface area contributed by atoms with E-state index < -0.39 is 31.8 Å². The zero-order valence-electron chi connectivity index (χ0n) is 14.5. The molecule has 1 aliphatic carbocycles. The molecule has 0 aromatic heterocycles. The highest BCUT2D eigenvalue weighted by Gasteiger charge is 2.63. The summed E-state index contributed by atoms with van der Waals surface area (Å²) in [6.45, 7) is 13.1. The van der Waals surface area contributed by atoms with E-state index in [9.17, 15) is 9.59 Å². The third-order valence-electron chi connectivity index (χ3n) is 5.41. The first-order chi connectivity index (χ1) is 10.2. The summed E-state index contributed by atoms with van der Waals surface area (Å²) in [6, 6.07) is 0. The van der Waals surface area contributed by atoms with Crippen LogP contribution in [-0.4, -0.2) is 25.9 Å². The van der Waals surface area contributed by atoms with Gasteiger partial charge < -0.3 is 9.16 Å². The molecule has 0 spiro atoms. The van der Waals surface area contributed by atoms with Crippen LogP contribution in [0.4, 0.5) is 0 Å². The maximum atomic E-state index is 12.5. The number of hydrogen-bond donors (Lipinski definition) is 0. The van der Waals surface area contributed by atoms with Crippen molar-refractivity contribution >= 4 is 20.3 Å². The molecule has 2 unspecified atom stereocenters. The Morgan fingerprint density at radius 2 is 1.64 bits per heavy atom. The highest BCUT2D eigenvalue weighted by Crippen LogP contribution is 2.50. The Morgan fingerprint density at radius 1 is 1.09 bits per heavy atom. The molecular weight excluding hydrogens is 296 g/mol. The SMILES string of the molecule is CC(C)[Si](OC12CC=CCC1C(=O)OC2=O)(C(C)C)C(C)C. The summed E-state index contributed by atoms with van der Waals surface area (Å²) >= 11 is 0. The predicted octanol–water partition coefficient (Wildman–Crippen LogP) is 3.97. The van der Waals surface area contributed by atoms with E-state index in [2.05, 4.69) is 41.5 Å². The fourth-order valence-corrected chi connectivity index (χ4v) is 10.1. The minimum absolute atomic E-state index is 0.358. The molecule has 1 aliphatic heterocycles. The normalized spacial score (nSPS) is 28.7. The van der Waals surface area contributed by atoms with Crippen LogP contribution in [0.15, 0.2) is 12.2 Å². The van der Waals surface area contributed by atoms with Crippen molar-refractivity contribution in [1.29, 1.82) is 0 Å². The standard InChI is InChI=1S/C17H28O4Si/c1-11(2)22(12(3)4,13(5)6)21-17-10-8-7-9-14(17)15(18)20-16(17)19/h7-8,11-14H,9-10H2,1-6H3. The van der Waals surface area contributed by atoms with Crippen LogP contribution in [-0.2, 0) is 18.8 Å².